The Bertz CT molecular complexity index is 224. The molecule has 0 heteroatoms. The average molecular weight is 279 g/mol. The standard InChI is InChI=1S/C20H38/c1-2-9-18-12-7-14-20(17-16-18)15-8-13-19-10-5-3-4-6-11-19/h18-20H,2-17H2,1H3. The highest BCUT2D eigenvalue weighted by molar-refractivity contribution is 4.72. The monoisotopic (exact) mass is 278 g/mol. The van der Waals surface area contributed by atoms with Gasteiger partial charge in [-0.15, -0.1) is 0 Å². The first-order chi connectivity index (χ1) is 9.88. The highest BCUT2D eigenvalue weighted by Gasteiger charge is 2.19. The molecule has 0 saturated heterocycles. The summed E-state index contributed by atoms with van der Waals surface area (Å²) in [6.45, 7) is 2.36. The molecular formula is C20H38. The zero-order valence-corrected chi connectivity index (χ0v) is 14.0. The van der Waals surface area contributed by atoms with Gasteiger partial charge >= 0.3 is 0 Å². The van der Waals surface area contributed by atoms with E-state index in [0.29, 0.717) is 0 Å². The van der Waals surface area contributed by atoms with Crippen molar-refractivity contribution in [1.29, 1.82) is 0 Å². The van der Waals surface area contributed by atoms with Gasteiger partial charge in [-0.05, 0) is 17.8 Å². The highest BCUT2D eigenvalue weighted by Crippen LogP contribution is 2.34. The summed E-state index contributed by atoms with van der Waals surface area (Å²) in [7, 11) is 0. The van der Waals surface area contributed by atoms with Gasteiger partial charge in [0.15, 0.2) is 0 Å². The van der Waals surface area contributed by atoms with Gasteiger partial charge in [0.1, 0.15) is 0 Å². The molecule has 2 aliphatic carbocycles. The van der Waals surface area contributed by atoms with Gasteiger partial charge in [-0.2, -0.15) is 0 Å². The molecule has 2 unspecified atom stereocenters. The van der Waals surface area contributed by atoms with Crippen molar-refractivity contribution >= 4 is 0 Å². The van der Waals surface area contributed by atoms with E-state index >= 15 is 0 Å². The Labute approximate surface area is 128 Å². The lowest BCUT2D eigenvalue weighted by Gasteiger charge is -2.17. The topological polar surface area (TPSA) is 0 Å². The Morgan fingerprint density at radius 3 is 1.65 bits per heavy atom. The number of hydrogen-bond acceptors (Lipinski definition) is 0. The van der Waals surface area contributed by atoms with E-state index in [1.807, 2.05) is 0 Å². The van der Waals surface area contributed by atoms with Crippen LogP contribution in [0.2, 0.25) is 0 Å². The largest absolute Gasteiger partial charge is 0.0654 e. The quantitative estimate of drug-likeness (QED) is 0.453. The van der Waals surface area contributed by atoms with Crippen LogP contribution in [0.4, 0.5) is 0 Å². The number of hydrogen-bond donors (Lipinski definition) is 0. The molecule has 0 aromatic carbocycles. The molecule has 0 nitrogen and oxygen atoms in total. The molecule has 2 fully saturated rings. The molecule has 2 saturated carbocycles. The van der Waals surface area contributed by atoms with Crippen molar-refractivity contribution in [3.05, 3.63) is 0 Å². The van der Waals surface area contributed by atoms with Gasteiger partial charge in [-0.3, -0.25) is 0 Å². The molecular weight excluding hydrogens is 240 g/mol. The van der Waals surface area contributed by atoms with E-state index in [1.165, 1.54) is 57.8 Å². The van der Waals surface area contributed by atoms with E-state index in [0.717, 1.165) is 17.8 Å². The maximum absolute atomic E-state index is 2.36. The molecule has 0 radical (unpaired) electrons. The summed E-state index contributed by atoms with van der Waals surface area (Å²) < 4.78 is 0. The molecule has 0 aliphatic heterocycles. The van der Waals surface area contributed by atoms with E-state index in [9.17, 15) is 0 Å². The second-order valence-corrected chi connectivity index (χ2v) is 7.82. The fraction of sp³-hybridized carbons (Fsp3) is 1.00. The first-order valence-corrected chi connectivity index (χ1v) is 9.88. The molecule has 2 aliphatic rings. The van der Waals surface area contributed by atoms with Crippen LogP contribution in [0.15, 0.2) is 0 Å². The summed E-state index contributed by atoms with van der Waals surface area (Å²) in [6.07, 6.45) is 24.4. The second-order valence-electron chi connectivity index (χ2n) is 7.82. The highest BCUT2D eigenvalue weighted by atomic mass is 14.2. The van der Waals surface area contributed by atoms with Crippen molar-refractivity contribution in [1.82, 2.24) is 0 Å². The van der Waals surface area contributed by atoms with E-state index in [-0.39, 0.29) is 0 Å². The molecule has 0 aromatic heterocycles. The van der Waals surface area contributed by atoms with Crippen molar-refractivity contribution in [2.75, 3.05) is 0 Å². The minimum absolute atomic E-state index is 1.08. The fourth-order valence-corrected chi connectivity index (χ4v) is 4.79. The van der Waals surface area contributed by atoms with Crippen LogP contribution >= 0.6 is 0 Å². The molecule has 0 bridgehead atoms. The predicted octanol–water partition coefficient (Wildman–Crippen LogP) is 7.12. The van der Waals surface area contributed by atoms with Crippen LogP contribution in [0.1, 0.15) is 110 Å². The molecule has 0 amide bonds. The second kappa shape index (κ2) is 9.85. The first kappa shape index (κ1) is 16.4. The summed E-state index contributed by atoms with van der Waals surface area (Å²) in [4.78, 5) is 0. The lowest BCUT2D eigenvalue weighted by molar-refractivity contribution is 0.352. The van der Waals surface area contributed by atoms with Gasteiger partial charge < -0.3 is 0 Å². The van der Waals surface area contributed by atoms with Gasteiger partial charge in [0.25, 0.3) is 0 Å². The summed E-state index contributed by atoms with van der Waals surface area (Å²) in [5.74, 6) is 3.26. The van der Waals surface area contributed by atoms with Crippen molar-refractivity contribution in [3.63, 3.8) is 0 Å². The van der Waals surface area contributed by atoms with Crippen LogP contribution in [-0.2, 0) is 0 Å². The van der Waals surface area contributed by atoms with E-state index in [1.54, 1.807) is 44.9 Å². The molecule has 2 rings (SSSR count). The fourth-order valence-electron chi connectivity index (χ4n) is 4.79. The van der Waals surface area contributed by atoms with E-state index in [4.69, 9.17) is 0 Å². The molecule has 0 aromatic rings. The Kier molecular flexibility index (Phi) is 8.06. The summed E-state index contributed by atoms with van der Waals surface area (Å²) in [5.41, 5.74) is 0. The molecule has 0 heterocycles. The van der Waals surface area contributed by atoms with Crippen LogP contribution in [0, 0.1) is 17.8 Å². The molecule has 0 spiro atoms. The predicted molar refractivity (Wildman–Crippen MR) is 90.0 cm³/mol. The Balaban J connectivity index is 1.59. The average Bonchev–Trinajstić information content (AvgIpc) is 2.83. The third kappa shape index (κ3) is 6.19. The van der Waals surface area contributed by atoms with Crippen molar-refractivity contribution in [2.45, 2.75) is 110 Å². The van der Waals surface area contributed by atoms with Crippen LogP contribution in [-0.4, -0.2) is 0 Å². The van der Waals surface area contributed by atoms with Crippen molar-refractivity contribution in [3.8, 4) is 0 Å². The normalized spacial score (nSPS) is 29.9. The van der Waals surface area contributed by atoms with Gasteiger partial charge in [0.2, 0.25) is 0 Å². The SMILES string of the molecule is CCCC1CCCC(CCCC2CCCCCC2)CC1. The van der Waals surface area contributed by atoms with E-state index in [2.05, 4.69) is 6.92 Å². The Morgan fingerprint density at radius 2 is 1.05 bits per heavy atom. The minimum atomic E-state index is 1.08. The first-order valence-electron chi connectivity index (χ1n) is 9.88. The van der Waals surface area contributed by atoms with Gasteiger partial charge in [-0.1, -0.05) is 110 Å². The summed E-state index contributed by atoms with van der Waals surface area (Å²) in [5, 5.41) is 0. The molecule has 118 valence electrons. The van der Waals surface area contributed by atoms with Crippen LogP contribution < -0.4 is 0 Å². The Morgan fingerprint density at radius 1 is 0.550 bits per heavy atom. The van der Waals surface area contributed by atoms with Crippen LogP contribution in [0.5, 0.6) is 0 Å². The smallest absolute Gasteiger partial charge is 0.0414 e. The van der Waals surface area contributed by atoms with Crippen LogP contribution in [0.3, 0.4) is 0 Å². The van der Waals surface area contributed by atoms with Crippen molar-refractivity contribution in [2.24, 2.45) is 17.8 Å². The maximum Gasteiger partial charge on any atom is -0.0414 e. The lowest BCUT2D eigenvalue weighted by Crippen LogP contribution is -2.03. The van der Waals surface area contributed by atoms with E-state index < -0.39 is 0 Å². The maximum atomic E-state index is 2.36. The number of rotatable bonds is 6. The van der Waals surface area contributed by atoms with Crippen LogP contribution in [0.25, 0.3) is 0 Å². The summed E-state index contributed by atoms with van der Waals surface area (Å²) >= 11 is 0. The third-order valence-corrected chi connectivity index (χ3v) is 6.10. The van der Waals surface area contributed by atoms with Gasteiger partial charge in [0, 0.05) is 0 Å². The van der Waals surface area contributed by atoms with Crippen molar-refractivity contribution < 1.29 is 0 Å². The Hall–Kier alpha value is 0. The zero-order chi connectivity index (χ0) is 14.0. The molecule has 0 N–H and O–H groups in total. The minimum Gasteiger partial charge on any atom is -0.0654 e. The zero-order valence-electron chi connectivity index (χ0n) is 14.0. The summed E-state index contributed by atoms with van der Waals surface area (Å²) in [6, 6.07) is 0. The molecule has 2 atom stereocenters. The lowest BCUT2D eigenvalue weighted by atomic mass is 9.88. The van der Waals surface area contributed by atoms with Gasteiger partial charge in [0.05, 0.1) is 0 Å². The third-order valence-electron chi connectivity index (χ3n) is 6.10. The molecule has 20 heavy (non-hydrogen) atoms. The van der Waals surface area contributed by atoms with Gasteiger partial charge in [-0.25, -0.2) is 0 Å².